The molecule has 1 saturated carbocycles. The number of nitrogens with two attached hydrogens (primary N) is 1. The van der Waals surface area contributed by atoms with Gasteiger partial charge in [0.15, 0.2) is 0 Å². The molecule has 0 saturated heterocycles. The number of hydrogen-bond acceptors (Lipinski definition) is 4. The topological polar surface area (TPSA) is 63.4 Å². The van der Waals surface area contributed by atoms with Crippen LogP contribution in [0.5, 0.6) is 0 Å². The second kappa shape index (κ2) is 6.87. The number of rotatable bonds is 6. The molecule has 0 aliphatic heterocycles. The van der Waals surface area contributed by atoms with Crippen LogP contribution < -0.4 is 5.73 Å². The smallest absolute Gasteiger partial charge is 0.150 e. The number of sulfone groups is 1. The Morgan fingerprint density at radius 2 is 2.00 bits per heavy atom. The Morgan fingerprint density at radius 3 is 2.50 bits per heavy atom. The van der Waals surface area contributed by atoms with Gasteiger partial charge in [0.05, 0.1) is 5.25 Å². The maximum atomic E-state index is 11.7. The van der Waals surface area contributed by atoms with Gasteiger partial charge < -0.3 is 5.73 Å². The van der Waals surface area contributed by atoms with E-state index in [0.717, 1.165) is 38.6 Å². The van der Waals surface area contributed by atoms with E-state index in [-0.39, 0.29) is 5.25 Å². The van der Waals surface area contributed by atoms with E-state index in [1.165, 1.54) is 6.26 Å². The maximum Gasteiger partial charge on any atom is 0.150 e. The van der Waals surface area contributed by atoms with E-state index < -0.39 is 9.84 Å². The summed E-state index contributed by atoms with van der Waals surface area (Å²) in [5.74, 6) is 0. The molecule has 0 aromatic rings. The molecule has 0 radical (unpaired) electrons. The van der Waals surface area contributed by atoms with E-state index in [4.69, 9.17) is 5.73 Å². The maximum absolute atomic E-state index is 11.7. The van der Waals surface area contributed by atoms with Crippen molar-refractivity contribution in [1.82, 2.24) is 4.90 Å². The van der Waals surface area contributed by atoms with Crippen molar-refractivity contribution in [2.75, 3.05) is 19.3 Å². The fourth-order valence-corrected chi connectivity index (χ4v) is 4.11. The molecule has 0 aromatic carbocycles. The van der Waals surface area contributed by atoms with Crippen molar-refractivity contribution < 1.29 is 8.42 Å². The van der Waals surface area contributed by atoms with Crippen LogP contribution in [0.4, 0.5) is 0 Å². The van der Waals surface area contributed by atoms with Crippen molar-refractivity contribution in [2.24, 2.45) is 5.73 Å². The van der Waals surface area contributed by atoms with Crippen LogP contribution >= 0.6 is 0 Å². The normalized spacial score (nSPS) is 25.9. The molecule has 1 aliphatic rings. The average molecular weight is 276 g/mol. The summed E-state index contributed by atoms with van der Waals surface area (Å²) in [5.41, 5.74) is 5.58. The Kier molecular flexibility index (Phi) is 6.08. The average Bonchev–Trinajstić information content (AvgIpc) is 2.28. The lowest BCUT2D eigenvalue weighted by atomic mass is 9.92. The molecule has 1 fully saturated rings. The Balaban J connectivity index is 2.67. The first-order valence-corrected chi connectivity index (χ1v) is 8.96. The second-order valence-corrected chi connectivity index (χ2v) is 8.07. The summed E-state index contributed by atoms with van der Waals surface area (Å²) in [5, 5.41) is -0.143. The third-order valence-corrected chi connectivity index (χ3v) is 5.60. The second-order valence-electron chi connectivity index (χ2n) is 5.75. The highest BCUT2D eigenvalue weighted by atomic mass is 32.2. The lowest BCUT2D eigenvalue weighted by Gasteiger charge is -2.39. The van der Waals surface area contributed by atoms with Gasteiger partial charge in [-0.05, 0) is 52.6 Å². The van der Waals surface area contributed by atoms with Crippen LogP contribution in [0, 0.1) is 0 Å². The van der Waals surface area contributed by atoms with Crippen molar-refractivity contribution in [3.05, 3.63) is 0 Å². The lowest BCUT2D eigenvalue weighted by molar-refractivity contribution is 0.121. The van der Waals surface area contributed by atoms with E-state index in [9.17, 15) is 8.42 Å². The largest absolute Gasteiger partial charge is 0.330 e. The molecule has 4 nitrogen and oxygen atoms in total. The molecule has 2 atom stereocenters. The number of nitrogens with zero attached hydrogens (tertiary/aromatic N) is 1. The first-order chi connectivity index (χ1) is 8.36. The summed E-state index contributed by atoms with van der Waals surface area (Å²) in [4.78, 5) is 2.43. The summed E-state index contributed by atoms with van der Waals surface area (Å²) in [6.07, 6.45) is 6.13. The van der Waals surface area contributed by atoms with Crippen LogP contribution in [0.3, 0.4) is 0 Å². The molecule has 0 spiro atoms. The molecular formula is C13H28N2O2S. The minimum atomic E-state index is -2.89. The van der Waals surface area contributed by atoms with Gasteiger partial charge in [-0.15, -0.1) is 0 Å². The number of hydrogen-bond donors (Lipinski definition) is 1. The summed E-state index contributed by atoms with van der Waals surface area (Å²) in [6.45, 7) is 6.04. The van der Waals surface area contributed by atoms with Crippen molar-refractivity contribution in [2.45, 2.75) is 63.3 Å². The molecule has 5 heteroatoms. The first kappa shape index (κ1) is 15.9. The fraction of sp³-hybridized carbons (Fsp3) is 1.00. The summed E-state index contributed by atoms with van der Waals surface area (Å²) in [7, 11) is -2.89. The third-order valence-electron chi connectivity index (χ3n) is 3.96. The predicted molar refractivity (Wildman–Crippen MR) is 76.4 cm³/mol. The molecule has 18 heavy (non-hydrogen) atoms. The SMILES string of the molecule is CC(C)N(CCCN)C1CCCC(S(C)(=O)=O)C1. The van der Waals surface area contributed by atoms with Gasteiger partial charge >= 0.3 is 0 Å². The quantitative estimate of drug-likeness (QED) is 0.796. The van der Waals surface area contributed by atoms with Gasteiger partial charge in [0.25, 0.3) is 0 Å². The third kappa shape index (κ3) is 4.52. The Bertz CT molecular complexity index is 341. The standard InChI is InChI=1S/C13H28N2O2S/c1-11(2)15(9-5-8-14)12-6-4-7-13(10-12)18(3,16)17/h11-13H,4-10,14H2,1-3H3. The molecule has 108 valence electrons. The van der Waals surface area contributed by atoms with Crippen LogP contribution in [0.2, 0.25) is 0 Å². The van der Waals surface area contributed by atoms with Gasteiger partial charge in [-0.1, -0.05) is 6.42 Å². The molecule has 0 amide bonds. The minimum absolute atomic E-state index is 0.143. The zero-order chi connectivity index (χ0) is 13.8. The van der Waals surface area contributed by atoms with E-state index in [1.54, 1.807) is 0 Å². The molecule has 2 N–H and O–H groups in total. The van der Waals surface area contributed by atoms with E-state index in [1.807, 2.05) is 0 Å². The van der Waals surface area contributed by atoms with E-state index >= 15 is 0 Å². The van der Waals surface area contributed by atoms with Crippen LogP contribution in [0.15, 0.2) is 0 Å². The Morgan fingerprint density at radius 1 is 1.33 bits per heavy atom. The summed E-state index contributed by atoms with van der Waals surface area (Å²) in [6, 6.07) is 0.866. The van der Waals surface area contributed by atoms with Crippen molar-refractivity contribution in [3.63, 3.8) is 0 Å². The zero-order valence-electron chi connectivity index (χ0n) is 11.9. The first-order valence-electron chi connectivity index (χ1n) is 7.01. The Hall–Kier alpha value is -0.130. The highest BCUT2D eigenvalue weighted by Gasteiger charge is 2.32. The summed E-state index contributed by atoms with van der Waals surface area (Å²) >= 11 is 0. The van der Waals surface area contributed by atoms with Crippen molar-refractivity contribution >= 4 is 9.84 Å². The molecule has 1 aliphatic carbocycles. The van der Waals surface area contributed by atoms with Gasteiger partial charge in [0.2, 0.25) is 0 Å². The highest BCUT2D eigenvalue weighted by Crippen LogP contribution is 2.28. The van der Waals surface area contributed by atoms with E-state index in [2.05, 4.69) is 18.7 Å². The minimum Gasteiger partial charge on any atom is -0.330 e. The predicted octanol–water partition coefficient (Wildman–Crippen LogP) is 1.40. The Labute approximate surface area is 112 Å². The van der Waals surface area contributed by atoms with E-state index in [0.29, 0.717) is 18.6 Å². The molecule has 2 unspecified atom stereocenters. The van der Waals surface area contributed by atoms with Gasteiger partial charge in [-0.3, -0.25) is 4.90 Å². The molecule has 0 aromatic heterocycles. The fourth-order valence-electron chi connectivity index (χ4n) is 2.95. The van der Waals surface area contributed by atoms with Crippen molar-refractivity contribution in [1.29, 1.82) is 0 Å². The molecule has 0 heterocycles. The van der Waals surface area contributed by atoms with Crippen molar-refractivity contribution in [3.8, 4) is 0 Å². The summed E-state index contributed by atoms with van der Waals surface area (Å²) < 4.78 is 23.4. The van der Waals surface area contributed by atoms with Gasteiger partial charge in [0, 0.05) is 18.3 Å². The van der Waals surface area contributed by atoms with Gasteiger partial charge in [-0.25, -0.2) is 8.42 Å². The molecule has 0 bridgehead atoms. The van der Waals surface area contributed by atoms with Crippen LogP contribution in [0.25, 0.3) is 0 Å². The highest BCUT2D eigenvalue weighted by molar-refractivity contribution is 7.91. The van der Waals surface area contributed by atoms with Crippen LogP contribution in [0.1, 0.15) is 46.0 Å². The zero-order valence-corrected chi connectivity index (χ0v) is 12.7. The lowest BCUT2D eigenvalue weighted by Crippen LogP contribution is -2.46. The monoisotopic (exact) mass is 276 g/mol. The van der Waals surface area contributed by atoms with Crippen LogP contribution in [-0.4, -0.2) is 50.0 Å². The van der Waals surface area contributed by atoms with Gasteiger partial charge in [0.1, 0.15) is 9.84 Å². The molecule has 1 rings (SSSR count). The van der Waals surface area contributed by atoms with Crippen LogP contribution in [-0.2, 0) is 9.84 Å². The van der Waals surface area contributed by atoms with Gasteiger partial charge in [-0.2, -0.15) is 0 Å². The molecular weight excluding hydrogens is 248 g/mol.